The van der Waals surface area contributed by atoms with E-state index in [1.807, 2.05) is 20.8 Å². The fraction of sp³-hybridized carbons (Fsp3) is 0.917. The summed E-state index contributed by atoms with van der Waals surface area (Å²) in [5.41, 5.74) is -0.437. The van der Waals surface area contributed by atoms with Crippen molar-refractivity contribution >= 4 is 6.09 Å². The second-order valence-electron chi connectivity index (χ2n) is 5.62. The van der Waals surface area contributed by atoms with E-state index in [0.29, 0.717) is 19.6 Å². The third kappa shape index (κ3) is 5.37. The molecule has 1 aliphatic heterocycles. The molecule has 0 aromatic carbocycles. The minimum Gasteiger partial charge on any atom is -0.444 e. The number of nitrogens with zero attached hydrogens (tertiary/aromatic N) is 2. The molecule has 1 heterocycles. The molecule has 5 heteroatoms. The van der Waals surface area contributed by atoms with Gasteiger partial charge < -0.3 is 14.7 Å². The number of carbonyl (C=O) groups excluding carboxylic acids is 1. The first-order chi connectivity index (χ1) is 7.78. The summed E-state index contributed by atoms with van der Waals surface area (Å²) in [5.74, 6) is 0. The molecule has 0 spiro atoms. The van der Waals surface area contributed by atoms with Gasteiger partial charge in [-0.25, -0.2) is 4.79 Å². The van der Waals surface area contributed by atoms with Gasteiger partial charge in [-0.15, -0.1) is 0 Å². The molecule has 0 radical (unpaired) electrons. The lowest BCUT2D eigenvalue weighted by molar-refractivity contribution is 0.0110. The zero-order valence-electron chi connectivity index (χ0n) is 11.3. The van der Waals surface area contributed by atoms with Crippen molar-refractivity contribution in [1.82, 2.24) is 9.80 Å². The first-order valence-electron chi connectivity index (χ1n) is 6.16. The van der Waals surface area contributed by atoms with E-state index in [1.54, 1.807) is 11.8 Å². The van der Waals surface area contributed by atoms with Crippen LogP contribution in [0.2, 0.25) is 0 Å². The zero-order valence-corrected chi connectivity index (χ0v) is 11.3. The molecule has 1 amide bonds. The highest BCUT2D eigenvalue weighted by Gasteiger charge is 2.25. The van der Waals surface area contributed by atoms with Crippen LogP contribution >= 0.6 is 0 Å². The fourth-order valence-electron chi connectivity index (χ4n) is 1.81. The Kier molecular flexibility index (Phi) is 4.77. The standard InChI is InChI=1S/C12H24N2O3/c1-10(15)9-13-5-7-14(8-6-13)11(16)17-12(2,3)4/h10,15H,5-9H2,1-4H3/t10-/m1/s1. The van der Waals surface area contributed by atoms with Gasteiger partial charge in [0.1, 0.15) is 5.60 Å². The van der Waals surface area contributed by atoms with Gasteiger partial charge in [0.05, 0.1) is 6.10 Å². The maximum atomic E-state index is 11.8. The molecule has 5 nitrogen and oxygen atoms in total. The lowest BCUT2D eigenvalue weighted by Crippen LogP contribution is -2.51. The number of rotatable bonds is 2. The van der Waals surface area contributed by atoms with Crippen LogP contribution in [-0.4, -0.2) is 65.4 Å². The lowest BCUT2D eigenvalue weighted by atomic mass is 10.2. The molecule has 0 saturated carbocycles. The SMILES string of the molecule is C[C@@H](O)CN1CCN(C(=O)OC(C)(C)C)CC1. The summed E-state index contributed by atoms with van der Waals surface area (Å²) in [4.78, 5) is 15.7. The van der Waals surface area contributed by atoms with E-state index in [0.717, 1.165) is 13.1 Å². The van der Waals surface area contributed by atoms with E-state index >= 15 is 0 Å². The maximum Gasteiger partial charge on any atom is 0.410 e. The molecule has 0 bridgehead atoms. The van der Waals surface area contributed by atoms with Crippen LogP contribution in [0.1, 0.15) is 27.7 Å². The Bertz CT molecular complexity index is 253. The third-order valence-electron chi connectivity index (χ3n) is 2.55. The van der Waals surface area contributed by atoms with Crippen molar-refractivity contribution < 1.29 is 14.6 Å². The van der Waals surface area contributed by atoms with Crippen LogP contribution in [0, 0.1) is 0 Å². The summed E-state index contributed by atoms with van der Waals surface area (Å²) in [6, 6.07) is 0. The second kappa shape index (κ2) is 5.69. The Morgan fingerprint density at radius 1 is 1.29 bits per heavy atom. The number of β-amino-alcohol motifs (C(OH)–C–C–N with tert-alkyl or cyclic N) is 1. The Balaban J connectivity index is 2.34. The fourth-order valence-corrected chi connectivity index (χ4v) is 1.81. The van der Waals surface area contributed by atoms with Crippen molar-refractivity contribution in [2.45, 2.75) is 39.4 Å². The number of hydrogen-bond donors (Lipinski definition) is 1. The van der Waals surface area contributed by atoms with E-state index in [1.165, 1.54) is 0 Å². The van der Waals surface area contributed by atoms with Crippen LogP contribution in [0.4, 0.5) is 4.79 Å². The van der Waals surface area contributed by atoms with Gasteiger partial charge in [-0.3, -0.25) is 4.90 Å². The second-order valence-corrected chi connectivity index (χ2v) is 5.62. The molecule has 1 saturated heterocycles. The average Bonchev–Trinajstić information content (AvgIpc) is 2.15. The number of hydrogen-bond acceptors (Lipinski definition) is 4. The molecule has 0 unspecified atom stereocenters. The largest absolute Gasteiger partial charge is 0.444 e. The minimum atomic E-state index is -0.437. The van der Waals surface area contributed by atoms with Gasteiger partial charge in [0, 0.05) is 32.7 Å². The van der Waals surface area contributed by atoms with Gasteiger partial charge in [-0.1, -0.05) is 0 Å². The zero-order chi connectivity index (χ0) is 13.1. The molecule has 1 rings (SSSR count). The summed E-state index contributed by atoms with van der Waals surface area (Å²) >= 11 is 0. The first-order valence-corrected chi connectivity index (χ1v) is 6.16. The molecule has 0 aromatic heterocycles. The van der Waals surface area contributed by atoms with Gasteiger partial charge in [-0.2, -0.15) is 0 Å². The van der Waals surface area contributed by atoms with Crippen molar-refractivity contribution in [3.05, 3.63) is 0 Å². The quantitative estimate of drug-likeness (QED) is 0.785. The summed E-state index contributed by atoms with van der Waals surface area (Å²) in [6.07, 6.45) is -0.558. The Hall–Kier alpha value is -0.810. The topological polar surface area (TPSA) is 53.0 Å². The van der Waals surface area contributed by atoms with Crippen LogP contribution in [0.3, 0.4) is 0 Å². The molecule has 1 atom stereocenters. The van der Waals surface area contributed by atoms with Crippen LogP contribution in [-0.2, 0) is 4.74 Å². The van der Waals surface area contributed by atoms with Crippen molar-refractivity contribution in [2.75, 3.05) is 32.7 Å². The molecule has 0 aliphatic carbocycles. The smallest absolute Gasteiger partial charge is 0.410 e. The predicted octanol–water partition coefficient (Wildman–Crippen LogP) is 0.920. The van der Waals surface area contributed by atoms with Crippen molar-refractivity contribution in [3.8, 4) is 0 Å². The summed E-state index contributed by atoms with van der Waals surface area (Å²) in [7, 11) is 0. The number of carbonyl (C=O) groups is 1. The van der Waals surface area contributed by atoms with Gasteiger partial charge in [-0.05, 0) is 27.7 Å². The van der Waals surface area contributed by atoms with Crippen molar-refractivity contribution in [2.24, 2.45) is 0 Å². The third-order valence-corrected chi connectivity index (χ3v) is 2.55. The average molecular weight is 244 g/mol. The molecule has 1 fully saturated rings. The van der Waals surface area contributed by atoms with Gasteiger partial charge in [0.2, 0.25) is 0 Å². The van der Waals surface area contributed by atoms with Crippen molar-refractivity contribution in [3.63, 3.8) is 0 Å². The molecule has 0 aromatic rings. The number of amides is 1. The predicted molar refractivity (Wildman–Crippen MR) is 65.9 cm³/mol. The maximum absolute atomic E-state index is 11.8. The number of aliphatic hydroxyl groups is 1. The van der Waals surface area contributed by atoms with Crippen LogP contribution in [0.5, 0.6) is 0 Å². The van der Waals surface area contributed by atoms with Crippen LogP contribution < -0.4 is 0 Å². The summed E-state index contributed by atoms with van der Waals surface area (Å²) in [6.45, 7) is 11.0. The number of piperazine rings is 1. The van der Waals surface area contributed by atoms with Crippen molar-refractivity contribution in [1.29, 1.82) is 0 Å². The van der Waals surface area contributed by atoms with Gasteiger partial charge >= 0.3 is 6.09 Å². The van der Waals surface area contributed by atoms with E-state index < -0.39 is 5.60 Å². The summed E-state index contributed by atoms with van der Waals surface area (Å²) < 4.78 is 5.31. The van der Waals surface area contributed by atoms with E-state index in [4.69, 9.17) is 4.74 Å². The highest BCUT2D eigenvalue weighted by Crippen LogP contribution is 2.11. The molecular weight excluding hydrogens is 220 g/mol. The highest BCUT2D eigenvalue weighted by atomic mass is 16.6. The minimum absolute atomic E-state index is 0.241. The molecule has 100 valence electrons. The summed E-state index contributed by atoms with van der Waals surface area (Å²) in [5, 5.41) is 9.29. The van der Waals surface area contributed by atoms with E-state index in [-0.39, 0.29) is 12.2 Å². The monoisotopic (exact) mass is 244 g/mol. The molecular formula is C12H24N2O3. The number of ether oxygens (including phenoxy) is 1. The lowest BCUT2D eigenvalue weighted by Gasteiger charge is -2.35. The first kappa shape index (κ1) is 14.3. The van der Waals surface area contributed by atoms with Crippen LogP contribution in [0.15, 0.2) is 0 Å². The number of aliphatic hydroxyl groups excluding tert-OH is 1. The molecule has 1 aliphatic rings. The van der Waals surface area contributed by atoms with E-state index in [2.05, 4.69) is 4.90 Å². The van der Waals surface area contributed by atoms with E-state index in [9.17, 15) is 9.90 Å². The molecule has 17 heavy (non-hydrogen) atoms. The normalized spacial score (nSPS) is 20.2. The highest BCUT2D eigenvalue weighted by molar-refractivity contribution is 5.68. The molecule has 1 N–H and O–H groups in total. The van der Waals surface area contributed by atoms with Crippen LogP contribution in [0.25, 0.3) is 0 Å². The Morgan fingerprint density at radius 3 is 2.24 bits per heavy atom. The van der Waals surface area contributed by atoms with Gasteiger partial charge in [0.15, 0.2) is 0 Å². The Labute approximate surface area is 103 Å². The van der Waals surface area contributed by atoms with Gasteiger partial charge in [0.25, 0.3) is 0 Å². The Morgan fingerprint density at radius 2 is 1.82 bits per heavy atom.